The highest BCUT2D eigenvalue weighted by Crippen LogP contribution is 2.16. The molecule has 0 rings (SSSR count). The maximum Gasteiger partial charge on any atom is 0.305 e. The van der Waals surface area contributed by atoms with Crippen LogP contribution in [0.1, 0.15) is 309 Å². The van der Waals surface area contributed by atoms with E-state index in [1.807, 2.05) is 6.08 Å². The second-order valence-corrected chi connectivity index (χ2v) is 19.6. The monoisotopic (exact) mass is 902 g/mol. The number of aliphatic hydroxyl groups is 2. The third-order valence-electron chi connectivity index (χ3n) is 13.2. The van der Waals surface area contributed by atoms with Crippen molar-refractivity contribution in [3.8, 4) is 0 Å². The van der Waals surface area contributed by atoms with Gasteiger partial charge in [-0.25, -0.2) is 0 Å². The lowest BCUT2D eigenvalue weighted by atomic mass is 10.0. The van der Waals surface area contributed by atoms with E-state index in [0.29, 0.717) is 19.4 Å². The summed E-state index contributed by atoms with van der Waals surface area (Å²) in [4.78, 5) is 24.4. The summed E-state index contributed by atoms with van der Waals surface area (Å²) in [7, 11) is 0. The van der Waals surface area contributed by atoms with Crippen molar-refractivity contribution >= 4 is 11.9 Å². The van der Waals surface area contributed by atoms with Crippen LogP contribution in [0.3, 0.4) is 0 Å². The number of unbranched alkanes of at least 4 members (excludes halogenated alkanes) is 40. The van der Waals surface area contributed by atoms with E-state index >= 15 is 0 Å². The fraction of sp³-hybridized carbons (Fsp3) is 0.897. The van der Waals surface area contributed by atoms with Gasteiger partial charge in [-0.3, -0.25) is 9.59 Å². The van der Waals surface area contributed by atoms with E-state index in [1.165, 1.54) is 244 Å². The first kappa shape index (κ1) is 62.3. The van der Waals surface area contributed by atoms with Crippen LogP contribution in [0.25, 0.3) is 0 Å². The molecule has 0 aliphatic rings. The number of nitrogens with one attached hydrogen (secondary N) is 1. The molecule has 1 amide bonds. The van der Waals surface area contributed by atoms with Crippen molar-refractivity contribution in [2.24, 2.45) is 0 Å². The summed E-state index contributed by atoms with van der Waals surface area (Å²) < 4.78 is 5.48. The average Bonchev–Trinajstić information content (AvgIpc) is 3.29. The van der Waals surface area contributed by atoms with Gasteiger partial charge in [0, 0.05) is 12.8 Å². The fourth-order valence-electron chi connectivity index (χ4n) is 8.81. The van der Waals surface area contributed by atoms with E-state index in [2.05, 4.69) is 31.3 Å². The van der Waals surface area contributed by atoms with E-state index in [-0.39, 0.29) is 18.5 Å². The van der Waals surface area contributed by atoms with E-state index in [4.69, 9.17) is 4.74 Å². The SMILES string of the molecule is CCCCCCCCC/C=C/C(O)C(CO)NC(=O)CCCCCCCCCC/C=C\CCCCCCCCCCCCCCOC(=O)CCCCCCCCCCCCCCCC. The van der Waals surface area contributed by atoms with Crippen LogP contribution in [0.5, 0.6) is 0 Å². The lowest BCUT2D eigenvalue weighted by Crippen LogP contribution is -2.45. The zero-order chi connectivity index (χ0) is 46.5. The van der Waals surface area contributed by atoms with Gasteiger partial charge in [-0.05, 0) is 57.8 Å². The van der Waals surface area contributed by atoms with Crippen LogP contribution in [-0.2, 0) is 14.3 Å². The number of hydrogen-bond acceptors (Lipinski definition) is 5. The Balaban J connectivity index is 3.38. The highest BCUT2D eigenvalue weighted by Gasteiger charge is 2.18. The van der Waals surface area contributed by atoms with Gasteiger partial charge in [0.2, 0.25) is 5.91 Å². The van der Waals surface area contributed by atoms with E-state index in [1.54, 1.807) is 6.08 Å². The maximum absolute atomic E-state index is 12.4. The van der Waals surface area contributed by atoms with Gasteiger partial charge in [0.1, 0.15) is 0 Å². The Bertz CT molecular complexity index is 997. The van der Waals surface area contributed by atoms with Crippen LogP contribution in [0.15, 0.2) is 24.3 Å². The summed E-state index contributed by atoms with van der Waals surface area (Å²) >= 11 is 0. The van der Waals surface area contributed by atoms with Gasteiger partial charge in [-0.2, -0.15) is 0 Å². The molecule has 2 unspecified atom stereocenters. The smallest absolute Gasteiger partial charge is 0.305 e. The molecule has 0 heterocycles. The van der Waals surface area contributed by atoms with Gasteiger partial charge in [-0.1, -0.05) is 263 Å². The van der Waals surface area contributed by atoms with Crippen LogP contribution >= 0.6 is 0 Å². The Morgan fingerprint density at radius 1 is 0.422 bits per heavy atom. The summed E-state index contributed by atoms with van der Waals surface area (Å²) in [5.74, 6) is -0.0608. The van der Waals surface area contributed by atoms with Crippen LogP contribution in [-0.4, -0.2) is 47.4 Å². The number of carbonyl (C=O) groups excluding carboxylic acids is 2. The lowest BCUT2D eigenvalue weighted by Gasteiger charge is -2.20. The summed E-state index contributed by atoms with van der Waals surface area (Å²) in [5, 5.41) is 22.9. The van der Waals surface area contributed by atoms with Gasteiger partial charge < -0.3 is 20.3 Å². The molecule has 0 aromatic rings. The molecule has 64 heavy (non-hydrogen) atoms. The predicted molar refractivity (Wildman–Crippen MR) is 278 cm³/mol. The van der Waals surface area contributed by atoms with Crippen molar-refractivity contribution in [3.05, 3.63) is 24.3 Å². The molecule has 0 aromatic carbocycles. The number of hydrogen-bond donors (Lipinski definition) is 3. The number of allylic oxidation sites excluding steroid dienone is 3. The molecular formula is C58H111NO5. The molecule has 0 aliphatic heterocycles. The molecular weight excluding hydrogens is 791 g/mol. The molecule has 0 aliphatic carbocycles. The lowest BCUT2D eigenvalue weighted by molar-refractivity contribution is -0.143. The summed E-state index contributed by atoms with van der Waals surface area (Å²) in [6, 6.07) is -0.628. The topological polar surface area (TPSA) is 95.9 Å². The zero-order valence-corrected chi connectivity index (χ0v) is 43.0. The van der Waals surface area contributed by atoms with Gasteiger partial charge in [0.05, 0.1) is 25.4 Å². The molecule has 0 fully saturated rings. The number of aliphatic hydroxyl groups excluding tert-OH is 2. The second kappa shape index (κ2) is 54.0. The molecule has 2 atom stereocenters. The van der Waals surface area contributed by atoms with E-state index in [0.717, 1.165) is 38.5 Å². The molecule has 0 saturated carbocycles. The molecule has 0 aromatic heterocycles. The highest BCUT2D eigenvalue weighted by molar-refractivity contribution is 5.76. The van der Waals surface area contributed by atoms with E-state index in [9.17, 15) is 19.8 Å². The Kier molecular flexibility index (Phi) is 52.6. The largest absolute Gasteiger partial charge is 0.466 e. The van der Waals surface area contributed by atoms with Crippen LogP contribution in [0.2, 0.25) is 0 Å². The number of rotatable bonds is 53. The Morgan fingerprint density at radius 3 is 1.11 bits per heavy atom. The Hall–Kier alpha value is -1.66. The van der Waals surface area contributed by atoms with E-state index < -0.39 is 12.1 Å². The molecule has 0 bridgehead atoms. The molecule has 3 N–H and O–H groups in total. The van der Waals surface area contributed by atoms with Crippen molar-refractivity contribution in [2.75, 3.05) is 13.2 Å². The Morgan fingerprint density at radius 2 is 0.734 bits per heavy atom. The standard InChI is InChI=1S/C58H111NO5/c1-3-5-7-9-11-13-14-15-29-32-36-40-44-48-52-58(63)64-53-49-45-41-37-33-30-27-25-23-21-19-17-16-18-20-22-24-26-28-31-35-39-43-47-51-57(62)59-55(54-60)56(61)50-46-42-38-34-12-10-8-6-4-2/h18,20,46,50,55-56,60-61H,3-17,19,21-45,47-49,51-54H2,1-2H3,(H,59,62)/b20-18-,50-46+. The Labute approximate surface area is 399 Å². The average molecular weight is 903 g/mol. The molecule has 0 radical (unpaired) electrons. The zero-order valence-electron chi connectivity index (χ0n) is 43.0. The number of carbonyl (C=O) groups is 2. The van der Waals surface area contributed by atoms with Gasteiger partial charge in [-0.15, -0.1) is 0 Å². The van der Waals surface area contributed by atoms with Crippen molar-refractivity contribution in [2.45, 2.75) is 321 Å². The second-order valence-electron chi connectivity index (χ2n) is 19.6. The van der Waals surface area contributed by atoms with Crippen molar-refractivity contribution < 1.29 is 24.5 Å². The fourth-order valence-corrected chi connectivity index (χ4v) is 8.81. The van der Waals surface area contributed by atoms with Crippen LogP contribution < -0.4 is 5.32 Å². The molecule has 378 valence electrons. The molecule has 6 heteroatoms. The summed E-state index contributed by atoms with van der Waals surface area (Å²) in [5.41, 5.74) is 0. The van der Waals surface area contributed by atoms with Gasteiger partial charge >= 0.3 is 5.97 Å². The van der Waals surface area contributed by atoms with Crippen molar-refractivity contribution in [3.63, 3.8) is 0 Å². The third-order valence-corrected chi connectivity index (χ3v) is 13.2. The maximum atomic E-state index is 12.4. The number of amides is 1. The third kappa shape index (κ3) is 49.8. The molecule has 0 spiro atoms. The number of ether oxygens (including phenoxy) is 1. The normalized spacial score (nSPS) is 12.8. The molecule has 0 saturated heterocycles. The van der Waals surface area contributed by atoms with Crippen LogP contribution in [0.4, 0.5) is 0 Å². The first-order valence-corrected chi connectivity index (χ1v) is 28.6. The predicted octanol–water partition coefficient (Wildman–Crippen LogP) is 17.5. The highest BCUT2D eigenvalue weighted by atomic mass is 16.5. The minimum atomic E-state index is -0.844. The quantitative estimate of drug-likeness (QED) is 0.0321. The minimum absolute atomic E-state index is 0.0141. The van der Waals surface area contributed by atoms with Gasteiger partial charge in [0.25, 0.3) is 0 Å². The van der Waals surface area contributed by atoms with Crippen molar-refractivity contribution in [1.82, 2.24) is 5.32 Å². The number of esters is 1. The first-order chi connectivity index (χ1) is 31.5. The van der Waals surface area contributed by atoms with Crippen molar-refractivity contribution in [1.29, 1.82) is 0 Å². The molecule has 6 nitrogen and oxygen atoms in total. The summed E-state index contributed by atoms with van der Waals surface area (Å²) in [6.45, 7) is 4.88. The minimum Gasteiger partial charge on any atom is -0.466 e. The van der Waals surface area contributed by atoms with Gasteiger partial charge in [0.15, 0.2) is 0 Å². The van der Waals surface area contributed by atoms with Crippen LogP contribution in [0, 0.1) is 0 Å². The first-order valence-electron chi connectivity index (χ1n) is 28.6. The summed E-state index contributed by atoms with van der Waals surface area (Å²) in [6.07, 6.45) is 65.0.